The van der Waals surface area contributed by atoms with Crippen molar-refractivity contribution in [2.75, 3.05) is 6.61 Å². The monoisotopic (exact) mass is 177 g/mol. The van der Waals surface area contributed by atoms with E-state index in [4.69, 9.17) is 4.74 Å². The molecule has 0 saturated heterocycles. The Morgan fingerprint density at radius 1 is 1.46 bits per heavy atom. The minimum atomic E-state index is 0.794. The molecule has 1 heterocycles. The highest BCUT2D eigenvalue weighted by molar-refractivity contribution is 5.27. The molecule has 1 aliphatic rings. The van der Waals surface area contributed by atoms with Crippen molar-refractivity contribution in [1.29, 1.82) is 0 Å². The zero-order valence-corrected chi connectivity index (χ0v) is 8.21. The molecule has 1 aliphatic carbocycles. The molecule has 0 unspecified atom stereocenters. The molecule has 1 aromatic rings. The van der Waals surface area contributed by atoms with E-state index in [-0.39, 0.29) is 0 Å². The molecule has 0 aromatic carbocycles. The SMILES string of the molecule is Cc1cnc(OCC2CC2)c(C)c1. The molecule has 0 radical (unpaired) electrons. The second-order valence-corrected chi connectivity index (χ2v) is 3.89. The predicted molar refractivity (Wildman–Crippen MR) is 51.9 cm³/mol. The molecule has 0 spiro atoms. The van der Waals surface area contributed by atoms with Gasteiger partial charge in [0.25, 0.3) is 0 Å². The number of hydrogen-bond acceptors (Lipinski definition) is 2. The third-order valence-corrected chi connectivity index (χ3v) is 2.32. The van der Waals surface area contributed by atoms with E-state index in [1.54, 1.807) is 0 Å². The molecule has 0 bridgehead atoms. The van der Waals surface area contributed by atoms with Crippen molar-refractivity contribution in [2.45, 2.75) is 26.7 Å². The summed E-state index contributed by atoms with van der Waals surface area (Å²) in [5.74, 6) is 1.60. The first-order valence-electron chi connectivity index (χ1n) is 4.82. The summed E-state index contributed by atoms with van der Waals surface area (Å²) in [5, 5.41) is 0. The van der Waals surface area contributed by atoms with E-state index >= 15 is 0 Å². The van der Waals surface area contributed by atoms with Gasteiger partial charge in [0.05, 0.1) is 6.61 Å². The first kappa shape index (κ1) is 8.54. The lowest BCUT2D eigenvalue weighted by Gasteiger charge is -2.07. The fourth-order valence-corrected chi connectivity index (χ4v) is 1.34. The third-order valence-electron chi connectivity index (χ3n) is 2.32. The molecular weight excluding hydrogens is 162 g/mol. The fourth-order valence-electron chi connectivity index (χ4n) is 1.34. The Balaban J connectivity index is 2.01. The number of rotatable bonds is 3. The molecule has 13 heavy (non-hydrogen) atoms. The van der Waals surface area contributed by atoms with Gasteiger partial charge in [-0.25, -0.2) is 4.98 Å². The smallest absolute Gasteiger partial charge is 0.216 e. The van der Waals surface area contributed by atoms with Crippen molar-refractivity contribution in [3.63, 3.8) is 0 Å². The van der Waals surface area contributed by atoms with Gasteiger partial charge >= 0.3 is 0 Å². The lowest BCUT2D eigenvalue weighted by atomic mass is 10.2. The van der Waals surface area contributed by atoms with Gasteiger partial charge in [0.15, 0.2) is 0 Å². The van der Waals surface area contributed by atoms with Crippen LogP contribution in [0.25, 0.3) is 0 Å². The summed E-state index contributed by atoms with van der Waals surface area (Å²) in [6.45, 7) is 4.93. The second kappa shape index (κ2) is 3.36. The van der Waals surface area contributed by atoms with Gasteiger partial charge < -0.3 is 4.74 Å². The fraction of sp³-hybridized carbons (Fsp3) is 0.545. The van der Waals surface area contributed by atoms with Gasteiger partial charge in [-0.2, -0.15) is 0 Å². The number of hydrogen-bond donors (Lipinski definition) is 0. The van der Waals surface area contributed by atoms with Crippen molar-refractivity contribution in [3.05, 3.63) is 23.4 Å². The van der Waals surface area contributed by atoms with Crippen LogP contribution >= 0.6 is 0 Å². The highest BCUT2D eigenvalue weighted by Crippen LogP contribution is 2.29. The molecule has 1 fully saturated rings. The number of aromatic nitrogens is 1. The Hall–Kier alpha value is -1.05. The molecule has 0 amide bonds. The standard InChI is InChI=1S/C11H15NO/c1-8-5-9(2)11(12-6-8)13-7-10-3-4-10/h5-6,10H,3-4,7H2,1-2H3. The highest BCUT2D eigenvalue weighted by Gasteiger charge is 2.22. The van der Waals surface area contributed by atoms with Crippen LogP contribution in [0.15, 0.2) is 12.3 Å². The van der Waals surface area contributed by atoms with Crippen molar-refractivity contribution in [2.24, 2.45) is 5.92 Å². The van der Waals surface area contributed by atoms with E-state index in [1.807, 2.05) is 20.0 Å². The normalized spacial score (nSPS) is 15.8. The van der Waals surface area contributed by atoms with Gasteiger partial charge in [-0.1, -0.05) is 0 Å². The molecule has 70 valence electrons. The number of nitrogens with zero attached hydrogens (tertiary/aromatic N) is 1. The maximum atomic E-state index is 5.60. The summed E-state index contributed by atoms with van der Waals surface area (Å²) in [6, 6.07) is 2.11. The molecule has 2 heteroatoms. The first-order chi connectivity index (χ1) is 6.25. The Labute approximate surface area is 78.9 Å². The van der Waals surface area contributed by atoms with E-state index < -0.39 is 0 Å². The summed E-state index contributed by atoms with van der Waals surface area (Å²) in [6.07, 6.45) is 4.51. The zero-order chi connectivity index (χ0) is 9.26. The molecule has 0 aliphatic heterocycles. The van der Waals surface area contributed by atoms with E-state index in [0.29, 0.717) is 0 Å². The summed E-state index contributed by atoms with van der Waals surface area (Å²) in [7, 11) is 0. The van der Waals surface area contributed by atoms with Crippen LogP contribution in [-0.2, 0) is 0 Å². The number of aryl methyl sites for hydroxylation is 2. The van der Waals surface area contributed by atoms with Gasteiger partial charge in [-0.05, 0) is 44.2 Å². The summed E-state index contributed by atoms with van der Waals surface area (Å²) < 4.78 is 5.60. The van der Waals surface area contributed by atoms with Gasteiger partial charge in [0, 0.05) is 11.8 Å². The first-order valence-corrected chi connectivity index (χ1v) is 4.82. The van der Waals surface area contributed by atoms with Gasteiger partial charge in [0.2, 0.25) is 5.88 Å². The molecular formula is C11H15NO. The van der Waals surface area contributed by atoms with E-state index in [9.17, 15) is 0 Å². The summed E-state index contributed by atoms with van der Waals surface area (Å²) >= 11 is 0. The molecule has 0 N–H and O–H groups in total. The number of pyridine rings is 1. The van der Waals surface area contributed by atoms with Crippen LogP contribution in [0.2, 0.25) is 0 Å². The maximum absolute atomic E-state index is 5.60. The Morgan fingerprint density at radius 2 is 2.23 bits per heavy atom. The average Bonchev–Trinajstić information content (AvgIpc) is 2.86. The summed E-state index contributed by atoms with van der Waals surface area (Å²) in [4.78, 5) is 4.26. The van der Waals surface area contributed by atoms with Crippen LogP contribution in [-0.4, -0.2) is 11.6 Å². The van der Waals surface area contributed by atoms with Gasteiger partial charge in [0.1, 0.15) is 0 Å². The molecule has 1 saturated carbocycles. The van der Waals surface area contributed by atoms with Crippen molar-refractivity contribution in [3.8, 4) is 5.88 Å². The van der Waals surface area contributed by atoms with Crippen LogP contribution < -0.4 is 4.74 Å². The van der Waals surface area contributed by atoms with Crippen LogP contribution in [0, 0.1) is 19.8 Å². The molecule has 1 aromatic heterocycles. The topological polar surface area (TPSA) is 22.1 Å². The Morgan fingerprint density at radius 3 is 2.85 bits per heavy atom. The van der Waals surface area contributed by atoms with Crippen LogP contribution in [0.4, 0.5) is 0 Å². The van der Waals surface area contributed by atoms with Crippen LogP contribution in [0.5, 0.6) is 5.88 Å². The van der Waals surface area contributed by atoms with Crippen LogP contribution in [0.3, 0.4) is 0 Å². The second-order valence-electron chi connectivity index (χ2n) is 3.89. The van der Waals surface area contributed by atoms with Gasteiger partial charge in [-0.15, -0.1) is 0 Å². The lowest BCUT2D eigenvalue weighted by molar-refractivity contribution is 0.286. The Bertz CT molecular complexity index is 305. The van der Waals surface area contributed by atoms with Crippen molar-refractivity contribution >= 4 is 0 Å². The highest BCUT2D eigenvalue weighted by atomic mass is 16.5. The lowest BCUT2D eigenvalue weighted by Crippen LogP contribution is -2.02. The van der Waals surface area contributed by atoms with Crippen molar-refractivity contribution in [1.82, 2.24) is 4.98 Å². The third kappa shape index (κ3) is 2.20. The maximum Gasteiger partial charge on any atom is 0.216 e. The Kier molecular flexibility index (Phi) is 2.21. The zero-order valence-electron chi connectivity index (χ0n) is 8.21. The van der Waals surface area contributed by atoms with Crippen LogP contribution in [0.1, 0.15) is 24.0 Å². The van der Waals surface area contributed by atoms with E-state index in [1.165, 1.54) is 18.4 Å². The van der Waals surface area contributed by atoms with Crippen molar-refractivity contribution < 1.29 is 4.74 Å². The minimum Gasteiger partial charge on any atom is -0.477 e. The minimum absolute atomic E-state index is 0.794. The van der Waals surface area contributed by atoms with Gasteiger partial charge in [-0.3, -0.25) is 0 Å². The number of ether oxygens (including phenoxy) is 1. The predicted octanol–water partition coefficient (Wildman–Crippen LogP) is 2.49. The average molecular weight is 177 g/mol. The molecule has 0 atom stereocenters. The largest absolute Gasteiger partial charge is 0.477 e. The van der Waals surface area contributed by atoms with E-state index in [2.05, 4.69) is 11.1 Å². The summed E-state index contributed by atoms with van der Waals surface area (Å²) in [5.41, 5.74) is 2.33. The molecule has 2 nitrogen and oxygen atoms in total. The van der Waals surface area contributed by atoms with E-state index in [0.717, 1.165) is 24.0 Å². The molecule has 2 rings (SSSR count). The quantitative estimate of drug-likeness (QED) is 0.707.